The molecule has 0 fully saturated rings. The van der Waals surface area contributed by atoms with Gasteiger partial charge in [-0.2, -0.15) is 0 Å². The van der Waals surface area contributed by atoms with Crippen molar-refractivity contribution in [2.24, 2.45) is 5.73 Å². The Bertz CT molecular complexity index is 439. The van der Waals surface area contributed by atoms with Crippen molar-refractivity contribution in [3.63, 3.8) is 0 Å². The zero-order chi connectivity index (χ0) is 17.0. The van der Waals surface area contributed by atoms with E-state index in [4.69, 9.17) is 5.73 Å². The lowest BCUT2D eigenvalue weighted by Crippen LogP contribution is -2.45. The highest BCUT2D eigenvalue weighted by molar-refractivity contribution is 5.90. The van der Waals surface area contributed by atoms with Crippen molar-refractivity contribution in [1.82, 2.24) is 21.3 Å². The Morgan fingerprint density at radius 3 is 1.59 bits per heavy atom. The molecular weight excluding hydrogens is 298 g/mol. The summed E-state index contributed by atoms with van der Waals surface area (Å²) in [6.07, 6.45) is 0. The van der Waals surface area contributed by atoms with Crippen molar-refractivity contribution in [3.05, 3.63) is 0 Å². The van der Waals surface area contributed by atoms with E-state index < -0.39 is 29.6 Å². The van der Waals surface area contributed by atoms with Crippen LogP contribution in [0.5, 0.6) is 0 Å². The van der Waals surface area contributed by atoms with Gasteiger partial charge < -0.3 is 31.7 Å². The molecule has 0 aromatic carbocycles. The maximum absolute atomic E-state index is 11.3. The number of carbonyl (C=O) groups excluding carboxylic acids is 5. The second kappa shape index (κ2) is 11.0. The first-order valence-corrected chi connectivity index (χ1v) is 6.25. The van der Waals surface area contributed by atoms with E-state index in [0.717, 1.165) is 0 Å². The van der Waals surface area contributed by atoms with Crippen molar-refractivity contribution in [2.75, 3.05) is 32.9 Å². The van der Waals surface area contributed by atoms with Gasteiger partial charge in [-0.25, -0.2) is 0 Å². The number of amides is 4. The van der Waals surface area contributed by atoms with Crippen molar-refractivity contribution < 1.29 is 28.7 Å². The molecule has 11 nitrogen and oxygen atoms in total. The molecule has 0 aliphatic carbocycles. The molecular formula is C11H19N5O6. The van der Waals surface area contributed by atoms with Crippen LogP contribution < -0.4 is 27.0 Å². The topological polar surface area (TPSA) is 169 Å². The molecule has 0 atom stereocenters. The number of rotatable bonds is 9. The number of nitrogens with two attached hydrogens (primary N) is 1. The lowest BCUT2D eigenvalue weighted by atomic mass is 10.4. The molecule has 0 spiro atoms. The molecule has 0 unspecified atom stereocenters. The molecule has 0 bridgehead atoms. The molecule has 0 aliphatic rings. The van der Waals surface area contributed by atoms with E-state index in [1.165, 1.54) is 6.92 Å². The zero-order valence-corrected chi connectivity index (χ0v) is 12.1. The molecule has 0 heterocycles. The number of nitrogens with one attached hydrogen (secondary N) is 4. The molecule has 0 aromatic heterocycles. The molecule has 22 heavy (non-hydrogen) atoms. The lowest BCUT2D eigenvalue weighted by molar-refractivity contribution is -0.143. The Hall–Kier alpha value is -2.69. The summed E-state index contributed by atoms with van der Waals surface area (Å²) in [6, 6.07) is 0. The van der Waals surface area contributed by atoms with Crippen molar-refractivity contribution >= 4 is 29.6 Å². The molecule has 0 saturated heterocycles. The normalized spacial score (nSPS) is 9.36. The molecule has 0 aliphatic heterocycles. The van der Waals surface area contributed by atoms with Crippen LogP contribution in [0.15, 0.2) is 0 Å². The first kappa shape index (κ1) is 19.3. The standard InChI is InChI=1S/C11H19N5O6/c1-7(17)22-6-16-11(21)5-15-10(20)4-14-9(19)3-13-8(18)2-12/h2-6,12H2,1H3,(H,13,18)(H,14,19)(H,15,20)(H,16,21). The minimum atomic E-state index is -0.596. The van der Waals surface area contributed by atoms with Gasteiger partial charge in [0, 0.05) is 6.92 Å². The van der Waals surface area contributed by atoms with Gasteiger partial charge >= 0.3 is 5.97 Å². The third-order valence-electron chi connectivity index (χ3n) is 2.07. The second-order valence-electron chi connectivity index (χ2n) is 3.91. The van der Waals surface area contributed by atoms with Gasteiger partial charge in [-0.3, -0.25) is 24.0 Å². The van der Waals surface area contributed by atoms with Gasteiger partial charge in [0.2, 0.25) is 23.6 Å². The fraction of sp³-hybridized carbons (Fsp3) is 0.545. The number of carbonyl (C=O) groups is 5. The number of hydrogen-bond acceptors (Lipinski definition) is 7. The van der Waals surface area contributed by atoms with Crippen LogP contribution in [0.3, 0.4) is 0 Å². The molecule has 4 amide bonds. The summed E-state index contributed by atoms with van der Waals surface area (Å²) in [5.74, 6) is -2.77. The average Bonchev–Trinajstić information content (AvgIpc) is 2.47. The maximum Gasteiger partial charge on any atom is 0.304 e. The van der Waals surface area contributed by atoms with Crippen LogP contribution in [-0.4, -0.2) is 62.5 Å². The second-order valence-corrected chi connectivity index (χ2v) is 3.91. The Labute approximate surface area is 126 Å². The van der Waals surface area contributed by atoms with Gasteiger partial charge in [-0.1, -0.05) is 0 Å². The highest BCUT2D eigenvalue weighted by atomic mass is 16.5. The summed E-state index contributed by atoms with van der Waals surface area (Å²) in [7, 11) is 0. The highest BCUT2D eigenvalue weighted by Gasteiger charge is 2.08. The summed E-state index contributed by atoms with van der Waals surface area (Å²) < 4.78 is 4.47. The van der Waals surface area contributed by atoms with Crippen LogP contribution in [0.1, 0.15) is 6.92 Å². The van der Waals surface area contributed by atoms with Crippen LogP contribution in [0.25, 0.3) is 0 Å². The minimum absolute atomic E-state index is 0.240. The van der Waals surface area contributed by atoms with E-state index in [-0.39, 0.29) is 32.9 Å². The van der Waals surface area contributed by atoms with Gasteiger partial charge in [0.15, 0.2) is 6.73 Å². The maximum atomic E-state index is 11.3. The molecule has 6 N–H and O–H groups in total. The Balaban J connectivity index is 3.72. The van der Waals surface area contributed by atoms with E-state index in [2.05, 4.69) is 26.0 Å². The van der Waals surface area contributed by atoms with Crippen molar-refractivity contribution in [2.45, 2.75) is 6.92 Å². The van der Waals surface area contributed by atoms with Gasteiger partial charge in [-0.05, 0) is 0 Å². The van der Waals surface area contributed by atoms with E-state index in [1.807, 2.05) is 0 Å². The molecule has 0 saturated carbocycles. The SMILES string of the molecule is CC(=O)OCNC(=O)CNC(=O)CNC(=O)CNC(=O)CN. The fourth-order valence-corrected chi connectivity index (χ4v) is 1.01. The summed E-state index contributed by atoms with van der Waals surface area (Å²) in [5, 5.41) is 8.93. The Morgan fingerprint density at radius 1 is 0.773 bits per heavy atom. The summed E-state index contributed by atoms with van der Waals surface area (Å²) in [6.45, 7) is -0.328. The first-order valence-electron chi connectivity index (χ1n) is 6.25. The van der Waals surface area contributed by atoms with E-state index >= 15 is 0 Å². The van der Waals surface area contributed by atoms with E-state index in [0.29, 0.717) is 0 Å². The number of ether oxygens (including phenoxy) is 1. The van der Waals surface area contributed by atoms with Crippen molar-refractivity contribution in [3.8, 4) is 0 Å². The third-order valence-corrected chi connectivity index (χ3v) is 2.07. The van der Waals surface area contributed by atoms with Crippen LogP contribution in [0.2, 0.25) is 0 Å². The van der Waals surface area contributed by atoms with Gasteiger partial charge in [0.1, 0.15) is 0 Å². The van der Waals surface area contributed by atoms with Gasteiger partial charge in [-0.15, -0.1) is 0 Å². The summed E-state index contributed by atoms with van der Waals surface area (Å²) in [5.41, 5.74) is 5.03. The number of hydrogen-bond donors (Lipinski definition) is 5. The zero-order valence-electron chi connectivity index (χ0n) is 12.1. The predicted molar refractivity (Wildman–Crippen MR) is 72.9 cm³/mol. The molecule has 0 rings (SSSR count). The van der Waals surface area contributed by atoms with Crippen LogP contribution in [-0.2, 0) is 28.7 Å². The molecule has 124 valence electrons. The van der Waals surface area contributed by atoms with Gasteiger partial charge in [0.25, 0.3) is 0 Å². The predicted octanol–water partition coefficient (Wildman–Crippen LogP) is -4.07. The summed E-state index contributed by atoms with van der Waals surface area (Å²) >= 11 is 0. The largest absolute Gasteiger partial charge is 0.445 e. The molecule has 11 heteroatoms. The fourth-order valence-electron chi connectivity index (χ4n) is 1.01. The highest BCUT2D eigenvalue weighted by Crippen LogP contribution is 1.73. The van der Waals surface area contributed by atoms with Crippen LogP contribution in [0, 0.1) is 0 Å². The Kier molecular flexibility index (Phi) is 9.67. The lowest BCUT2D eigenvalue weighted by Gasteiger charge is -2.08. The minimum Gasteiger partial charge on any atom is -0.445 e. The quantitative estimate of drug-likeness (QED) is 0.213. The smallest absolute Gasteiger partial charge is 0.304 e. The van der Waals surface area contributed by atoms with Crippen LogP contribution >= 0.6 is 0 Å². The monoisotopic (exact) mass is 317 g/mol. The van der Waals surface area contributed by atoms with E-state index in [1.54, 1.807) is 0 Å². The Morgan fingerprint density at radius 2 is 1.18 bits per heavy atom. The molecule has 0 radical (unpaired) electrons. The molecule has 0 aromatic rings. The number of esters is 1. The average molecular weight is 317 g/mol. The van der Waals surface area contributed by atoms with E-state index in [9.17, 15) is 24.0 Å². The third kappa shape index (κ3) is 11.2. The first-order chi connectivity index (χ1) is 10.3. The van der Waals surface area contributed by atoms with Crippen LogP contribution in [0.4, 0.5) is 0 Å². The van der Waals surface area contributed by atoms with Crippen molar-refractivity contribution in [1.29, 1.82) is 0 Å². The summed E-state index contributed by atoms with van der Waals surface area (Å²) in [4.78, 5) is 55.0. The van der Waals surface area contributed by atoms with Gasteiger partial charge in [0.05, 0.1) is 26.2 Å².